The first-order chi connectivity index (χ1) is 17.4. The van der Waals surface area contributed by atoms with Gasteiger partial charge in [-0.3, -0.25) is 0 Å². The van der Waals surface area contributed by atoms with Crippen molar-refractivity contribution in [2.45, 2.75) is 62.7 Å². The average molecular weight is 583 g/mol. The van der Waals surface area contributed by atoms with Crippen LogP contribution in [0.25, 0.3) is 20.2 Å². The fraction of sp³-hybridized carbons (Fsp3) is 0.333. The number of thiophene rings is 2. The van der Waals surface area contributed by atoms with Crippen molar-refractivity contribution in [3.8, 4) is 0 Å². The molecule has 2 aromatic heterocycles. The molecule has 4 aliphatic rings. The summed E-state index contributed by atoms with van der Waals surface area (Å²) in [6.07, 6.45) is 0. The summed E-state index contributed by atoms with van der Waals surface area (Å²) in [6.45, 7) is 3.63. The summed E-state index contributed by atoms with van der Waals surface area (Å²) in [6, 6.07) is 14.8. The van der Waals surface area contributed by atoms with Crippen LogP contribution in [0.3, 0.4) is 0 Å². The van der Waals surface area contributed by atoms with Crippen LogP contribution in [0.2, 0.25) is 0 Å². The molecule has 0 saturated carbocycles. The molecule has 4 atom stereocenters. The molecule has 4 aromatic rings. The SMILES string of the molecule is CC12Sc3c(sc4ccccc34)C1C1=C(C3c4sc5ccccc5c4SC32C)C(F)(F)C(F)(F)C1(F)F. The number of hydrogen-bond acceptors (Lipinski definition) is 4. The second-order valence-electron chi connectivity index (χ2n) is 10.4. The van der Waals surface area contributed by atoms with Crippen molar-refractivity contribution in [3.63, 3.8) is 0 Å². The van der Waals surface area contributed by atoms with Gasteiger partial charge in [-0.05, 0) is 26.0 Å². The molecule has 8 rings (SSSR count). The predicted molar refractivity (Wildman–Crippen MR) is 140 cm³/mol. The van der Waals surface area contributed by atoms with Gasteiger partial charge < -0.3 is 0 Å². The van der Waals surface area contributed by atoms with E-state index in [1.807, 2.05) is 62.4 Å². The van der Waals surface area contributed by atoms with Gasteiger partial charge in [0, 0.05) is 72.2 Å². The zero-order chi connectivity index (χ0) is 25.9. The topological polar surface area (TPSA) is 0 Å². The van der Waals surface area contributed by atoms with Gasteiger partial charge in [-0.2, -0.15) is 26.3 Å². The van der Waals surface area contributed by atoms with E-state index in [1.54, 1.807) is 0 Å². The molecule has 4 heterocycles. The highest BCUT2D eigenvalue weighted by atomic mass is 32.2. The number of halogens is 6. The van der Waals surface area contributed by atoms with E-state index in [2.05, 4.69) is 0 Å². The molecule has 2 aromatic carbocycles. The van der Waals surface area contributed by atoms with Crippen molar-refractivity contribution in [2.24, 2.45) is 0 Å². The van der Waals surface area contributed by atoms with Crippen molar-refractivity contribution in [2.75, 3.05) is 0 Å². The molecule has 0 bridgehead atoms. The fourth-order valence-electron chi connectivity index (χ4n) is 6.85. The van der Waals surface area contributed by atoms with E-state index in [9.17, 15) is 0 Å². The normalized spacial score (nSPS) is 33.9. The number of rotatable bonds is 0. The third kappa shape index (κ3) is 2.29. The monoisotopic (exact) mass is 582 g/mol. The van der Waals surface area contributed by atoms with Gasteiger partial charge in [0.25, 0.3) is 0 Å². The molecule has 0 N–H and O–H groups in total. The van der Waals surface area contributed by atoms with Gasteiger partial charge in [-0.15, -0.1) is 46.2 Å². The Bertz CT molecular complexity index is 1610. The van der Waals surface area contributed by atoms with Gasteiger partial charge in [0.2, 0.25) is 0 Å². The fourth-order valence-corrected chi connectivity index (χ4v) is 13.8. The van der Waals surface area contributed by atoms with Crippen molar-refractivity contribution < 1.29 is 26.3 Å². The summed E-state index contributed by atoms with van der Waals surface area (Å²) in [5.41, 5.74) is -2.12. The molecule has 0 spiro atoms. The largest absolute Gasteiger partial charge is 0.380 e. The van der Waals surface area contributed by atoms with E-state index in [-0.39, 0.29) is 0 Å². The molecule has 190 valence electrons. The van der Waals surface area contributed by atoms with Crippen molar-refractivity contribution in [1.82, 2.24) is 0 Å². The first-order valence-electron chi connectivity index (χ1n) is 11.7. The summed E-state index contributed by atoms with van der Waals surface area (Å²) < 4.78 is 93.0. The third-order valence-electron chi connectivity index (χ3n) is 8.72. The quantitative estimate of drug-likeness (QED) is 0.150. The lowest BCUT2D eigenvalue weighted by molar-refractivity contribution is -0.266. The van der Waals surface area contributed by atoms with Crippen LogP contribution < -0.4 is 0 Å². The van der Waals surface area contributed by atoms with Crippen LogP contribution in [0.5, 0.6) is 0 Å². The van der Waals surface area contributed by atoms with E-state index >= 15 is 26.3 Å². The Morgan fingerprint density at radius 2 is 0.973 bits per heavy atom. The molecule has 4 unspecified atom stereocenters. The lowest BCUT2D eigenvalue weighted by Crippen LogP contribution is -2.54. The lowest BCUT2D eigenvalue weighted by atomic mass is 9.63. The van der Waals surface area contributed by atoms with Crippen LogP contribution in [-0.4, -0.2) is 27.3 Å². The standard InChI is InChI=1S/C27H16F6S4/c1-23-17(21-19(36-23)11-7-3-5-9-13(11)34-21)15-16(26(30,31)27(32,33)25(15,28)29)18-22-20(37-24(18,23)2)12-8-4-6-10-14(12)35-22/h3-10,17-18H,1-2H3. The zero-order valence-corrected chi connectivity index (χ0v) is 22.4. The first kappa shape index (κ1) is 23.3. The zero-order valence-electron chi connectivity index (χ0n) is 19.2. The van der Waals surface area contributed by atoms with Crippen LogP contribution in [0.15, 0.2) is 69.5 Å². The van der Waals surface area contributed by atoms with Crippen molar-refractivity contribution in [1.29, 1.82) is 0 Å². The van der Waals surface area contributed by atoms with Gasteiger partial charge in [0.05, 0.1) is 0 Å². The number of allylic oxidation sites excluding steroid dienone is 2. The highest BCUT2D eigenvalue weighted by molar-refractivity contribution is 8.05. The molecule has 0 amide bonds. The minimum absolute atomic E-state index is 0.495. The number of thioether (sulfide) groups is 2. The summed E-state index contributed by atoms with van der Waals surface area (Å²) in [7, 11) is 0. The molecule has 2 aliphatic carbocycles. The molecule has 10 heteroatoms. The molecule has 0 nitrogen and oxygen atoms in total. The van der Waals surface area contributed by atoms with E-state index < -0.39 is 50.2 Å². The molecule has 2 aliphatic heterocycles. The Kier molecular flexibility index (Phi) is 4.13. The molecule has 0 radical (unpaired) electrons. The summed E-state index contributed by atoms with van der Waals surface area (Å²) in [5.74, 6) is -17.9. The minimum Gasteiger partial charge on any atom is -0.194 e. The molecule has 0 saturated heterocycles. The van der Waals surface area contributed by atoms with Crippen molar-refractivity contribution in [3.05, 3.63) is 69.4 Å². The van der Waals surface area contributed by atoms with Gasteiger partial charge in [0.15, 0.2) is 0 Å². The van der Waals surface area contributed by atoms with Gasteiger partial charge in [-0.1, -0.05) is 36.4 Å². The number of hydrogen-bond donors (Lipinski definition) is 0. The van der Waals surface area contributed by atoms with Crippen LogP contribution in [0.4, 0.5) is 26.3 Å². The van der Waals surface area contributed by atoms with Crippen LogP contribution in [0.1, 0.15) is 35.4 Å². The van der Waals surface area contributed by atoms with E-state index in [0.29, 0.717) is 9.75 Å². The predicted octanol–water partition coefficient (Wildman–Crippen LogP) is 9.94. The average Bonchev–Trinajstić information content (AvgIpc) is 3.55. The van der Waals surface area contributed by atoms with Gasteiger partial charge in [0.1, 0.15) is 0 Å². The number of alkyl halides is 6. The van der Waals surface area contributed by atoms with E-state index in [0.717, 1.165) is 30.0 Å². The van der Waals surface area contributed by atoms with Gasteiger partial charge >= 0.3 is 17.8 Å². The highest BCUT2D eigenvalue weighted by Crippen LogP contribution is 2.82. The summed E-state index contributed by atoms with van der Waals surface area (Å²) in [5, 5.41) is 1.71. The third-order valence-corrected chi connectivity index (χ3v) is 15.0. The Balaban J connectivity index is 1.51. The Morgan fingerprint density at radius 1 is 0.595 bits per heavy atom. The van der Waals surface area contributed by atoms with Crippen molar-refractivity contribution >= 4 is 66.4 Å². The van der Waals surface area contributed by atoms with Crippen LogP contribution >= 0.6 is 46.2 Å². The minimum atomic E-state index is -5.51. The highest BCUT2D eigenvalue weighted by Gasteiger charge is 2.86. The maximum atomic E-state index is 15.8. The van der Waals surface area contributed by atoms with Crippen LogP contribution in [0, 0.1) is 0 Å². The molecule has 37 heavy (non-hydrogen) atoms. The van der Waals surface area contributed by atoms with Gasteiger partial charge in [-0.25, -0.2) is 0 Å². The molecular weight excluding hydrogens is 567 g/mol. The number of benzene rings is 2. The number of fused-ring (bicyclic) bond motifs is 13. The second-order valence-corrected chi connectivity index (χ2v) is 15.5. The molecule has 0 fully saturated rings. The Hall–Kier alpha value is -1.62. The smallest absolute Gasteiger partial charge is 0.194 e. The van der Waals surface area contributed by atoms with E-state index in [4.69, 9.17) is 0 Å². The summed E-state index contributed by atoms with van der Waals surface area (Å²) >= 11 is 5.31. The maximum absolute atomic E-state index is 15.8. The molecular formula is C27H16F6S4. The second kappa shape index (κ2) is 6.57. The van der Waals surface area contributed by atoms with Crippen LogP contribution in [-0.2, 0) is 0 Å². The first-order valence-corrected chi connectivity index (χ1v) is 14.9. The summed E-state index contributed by atoms with van der Waals surface area (Å²) in [4.78, 5) is 2.48. The Morgan fingerprint density at radius 3 is 1.38 bits per heavy atom. The van der Waals surface area contributed by atoms with E-state index in [1.165, 1.54) is 46.2 Å². The lowest BCUT2D eigenvalue weighted by Gasteiger charge is -2.52. The Labute approximate surface area is 224 Å². The maximum Gasteiger partial charge on any atom is 0.380 e.